The monoisotopic (exact) mass is 246 g/mol. The van der Waals surface area contributed by atoms with E-state index in [1.165, 1.54) is 16.7 Å². The lowest BCUT2D eigenvalue weighted by atomic mass is 10.4. The van der Waals surface area contributed by atoms with E-state index in [9.17, 15) is 8.42 Å². The first-order chi connectivity index (χ1) is 7.60. The molecule has 1 aromatic rings. The van der Waals surface area contributed by atoms with Gasteiger partial charge in [-0.15, -0.1) is 0 Å². The topological polar surface area (TPSA) is 78.1 Å². The highest BCUT2D eigenvalue weighted by molar-refractivity contribution is 7.90. The summed E-state index contributed by atoms with van der Waals surface area (Å²) >= 11 is 0. The van der Waals surface area contributed by atoms with E-state index in [0.717, 1.165) is 12.8 Å². The lowest BCUT2D eigenvalue weighted by Gasteiger charge is -2.20. The predicted octanol–water partition coefficient (Wildman–Crippen LogP) is 1.19. The zero-order valence-corrected chi connectivity index (χ0v) is 10.4. The highest BCUT2D eigenvalue weighted by Gasteiger charge is 2.20. The molecule has 0 aromatic carbocycles. The molecule has 1 heterocycles. The van der Waals surface area contributed by atoms with Gasteiger partial charge < -0.3 is 0 Å². The van der Waals surface area contributed by atoms with Gasteiger partial charge in [-0.1, -0.05) is 13.8 Å². The third kappa shape index (κ3) is 3.49. The van der Waals surface area contributed by atoms with E-state index in [1.807, 2.05) is 13.8 Å². The molecule has 0 fully saturated rings. The molecule has 0 aliphatic carbocycles. The molecule has 16 heavy (non-hydrogen) atoms. The van der Waals surface area contributed by atoms with Crippen LogP contribution in [0.15, 0.2) is 12.4 Å². The summed E-state index contributed by atoms with van der Waals surface area (Å²) in [5.41, 5.74) is 0.456. The van der Waals surface area contributed by atoms with Crippen LogP contribution in [0.25, 0.3) is 0 Å². The second kappa shape index (κ2) is 5.86. The van der Waals surface area contributed by atoms with Crippen molar-refractivity contribution in [1.82, 2.24) is 14.5 Å². The average Bonchev–Trinajstić information content (AvgIpc) is 2.69. The minimum absolute atomic E-state index is 0.456. The predicted molar refractivity (Wildman–Crippen MR) is 63.3 cm³/mol. The molecule has 2 N–H and O–H groups in total. The van der Waals surface area contributed by atoms with Crippen molar-refractivity contribution in [2.24, 2.45) is 0 Å². The molecule has 0 saturated heterocycles. The van der Waals surface area contributed by atoms with Crippen LogP contribution in [0.1, 0.15) is 26.7 Å². The Hall–Kier alpha value is -1.08. The van der Waals surface area contributed by atoms with Gasteiger partial charge in [0.05, 0.1) is 11.9 Å². The summed E-state index contributed by atoms with van der Waals surface area (Å²) in [5.74, 6) is 0. The number of nitrogens with one attached hydrogen (secondary N) is 2. The van der Waals surface area contributed by atoms with Gasteiger partial charge in [-0.05, 0) is 12.8 Å². The Bertz CT molecular complexity index is 382. The first-order valence-corrected chi connectivity index (χ1v) is 6.80. The molecule has 0 amide bonds. The lowest BCUT2D eigenvalue weighted by molar-refractivity contribution is 0.413. The minimum atomic E-state index is -3.45. The summed E-state index contributed by atoms with van der Waals surface area (Å²) in [6.07, 6.45) is 4.54. The normalized spacial score (nSPS) is 11.9. The Kier molecular flexibility index (Phi) is 4.75. The molecule has 7 heteroatoms. The number of H-pyrrole nitrogens is 1. The standard InChI is InChI=1S/C9H18N4O2S/c1-3-5-13(6-4-2)16(14,15)12-9-7-10-11-8-9/h7-8,12H,3-6H2,1-2H3,(H,10,11). The Balaban J connectivity index is 2.73. The fraction of sp³-hybridized carbons (Fsp3) is 0.667. The van der Waals surface area contributed by atoms with Gasteiger partial charge in [-0.2, -0.15) is 17.8 Å². The number of nitrogens with zero attached hydrogens (tertiary/aromatic N) is 2. The summed E-state index contributed by atoms with van der Waals surface area (Å²) in [6.45, 7) is 4.97. The highest BCUT2D eigenvalue weighted by atomic mass is 32.2. The van der Waals surface area contributed by atoms with E-state index in [2.05, 4.69) is 14.9 Å². The maximum absolute atomic E-state index is 12.0. The molecule has 0 aliphatic heterocycles. The zero-order chi connectivity index (χ0) is 12.0. The first-order valence-electron chi connectivity index (χ1n) is 5.36. The maximum atomic E-state index is 12.0. The SMILES string of the molecule is CCCN(CCC)S(=O)(=O)Nc1cn[nH]c1. The number of anilines is 1. The first kappa shape index (κ1) is 13.0. The van der Waals surface area contributed by atoms with Gasteiger partial charge in [0.15, 0.2) is 0 Å². The summed E-state index contributed by atoms with van der Waals surface area (Å²) in [7, 11) is -3.45. The molecule has 1 aromatic heterocycles. The van der Waals surface area contributed by atoms with Crippen LogP contribution >= 0.6 is 0 Å². The summed E-state index contributed by atoms with van der Waals surface area (Å²) in [6, 6.07) is 0. The van der Waals surface area contributed by atoms with Crippen molar-refractivity contribution in [1.29, 1.82) is 0 Å². The van der Waals surface area contributed by atoms with Gasteiger partial charge >= 0.3 is 10.2 Å². The van der Waals surface area contributed by atoms with Crippen molar-refractivity contribution in [3.63, 3.8) is 0 Å². The van der Waals surface area contributed by atoms with E-state index in [0.29, 0.717) is 18.8 Å². The van der Waals surface area contributed by atoms with Gasteiger partial charge in [0, 0.05) is 19.3 Å². The van der Waals surface area contributed by atoms with E-state index in [1.54, 1.807) is 0 Å². The average molecular weight is 246 g/mol. The number of aromatic nitrogens is 2. The molecule has 1 rings (SSSR count). The molecule has 0 saturated carbocycles. The third-order valence-electron chi connectivity index (χ3n) is 2.03. The summed E-state index contributed by atoms with van der Waals surface area (Å²) in [5, 5.41) is 6.25. The number of hydrogen-bond acceptors (Lipinski definition) is 3. The number of hydrogen-bond donors (Lipinski definition) is 2. The van der Waals surface area contributed by atoms with Gasteiger partial charge in [0.2, 0.25) is 0 Å². The lowest BCUT2D eigenvalue weighted by Crippen LogP contribution is -2.36. The largest absolute Gasteiger partial charge is 0.301 e. The molecule has 0 radical (unpaired) electrons. The van der Waals surface area contributed by atoms with Gasteiger partial charge in [0.1, 0.15) is 0 Å². The van der Waals surface area contributed by atoms with E-state index >= 15 is 0 Å². The van der Waals surface area contributed by atoms with Crippen LogP contribution in [0.2, 0.25) is 0 Å². The molecule has 6 nitrogen and oxygen atoms in total. The molecule has 92 valence electrons. The summed E-state index contributed by atoms with van der Waals surface area (Å²) in [4.78, 5) is 0. The fourth-order valence-corrected chi connectivity index (χ4v) is 2.76. The molecule has 0 spiro atoms. The Morgan fingerprint density at radius 1 is 1.38 bits per heavy atom. The van der Waals surface area contributed by atoms with Crippen molar-refractivity contribution >= 4 is 15.9 Å². The van der Waals surface area contributed by atoms with Crippen molar-refractivity contribution in [2.75, 3.05) is 17.8 Å². The highest BCUT2D eigenvalue weighted by Crippen LogP contribution is 2.09. The molecular weight excluding hydrogens is 228 g/mol. The van der Waals surface area contributed by atoms with Gasteiger partial charge in [-0.25, -0.2) is 0 Å². The van der Waals surface area contributed by atoms with Crippen molar-refractivity contribution < 1.29 is 8.42 Å². The van der Waals surface area contributed by atoms with E-state index in [-0.39, 0.29) is 0 Å². The minimum Gasteiger partial charge on any atom is -0.284 e. The van der Waals surface area contributed by atoms with E-state index in [4.69, 9.17) is 0 Å². The molecule has 0 bridgehead atoms. The molecule has 0 unspecified atom stereocenters. The second-order valence-electron chi connectivity index (χ2n) is 3.49. The van der Waals surface area contributed by atoms with Crippen LogP contribution < -0.4 is 4.72 Å². The van der Waals surface area contributed by atoms with Crippen LogP contribution in [0.4, 0.5) is 5.69 Å². The van der Waals surface area contributed by atoms with Crippen molar-refractivity contribution in [3.8, 4) is 0 Å². The number of rotatable bonds is 7. The van der Waals surface area contributed by atoms with Crippen LogP contribution in [-0.4, -0.2) is 36.0 Å². The van der Waals surface area contributed by atoms with Crippen molar-refractivity contribution in [3.05, 3.63) is 12.4 Å². The fourth-order valence-electron chi connectivity index (χ4n) is 1.37. The Morgan fingerprint density at radius 2 is 2.00 bits per heavy atom. The maximum Gasteiger partial charge on any atom is 0.301 e. The Morgan fingerprint density at radius 3 is 2.44 bits per heavy atom. The quantitative estimate of drug-likeness (QED) is 0.758. The molecular formula is C9H18N4O2S. The van der Waals surface area contributed by atoms with E-state index < -0.39 is 10.2 Å². The molecule has 0 aliphatic rings. The number of aromatic amines is 1. The Labute approximate surface area is 96.2 Å². The summed E-state index contributed by atoms with van der Waals surface area (Å²) < 4.78 is 27.8. The zero-order valence-electron chi connectivity index (χ0n) is 9.60. The van der Waals surface area contributed by atoms with Crippen LogP contribution in [-0.2, 0) is 10.2 Å². The van der Waals surface area contributed by atoms with Crippen LogP contribution in [0, 0.1) is 0 Å². The smallest absolute Gasteiger partial charge is 0.284 e. The van der Waals surface area contributed by atoms with Crippen LogP contribution in [0.5, 0.6) is 0 Å². The second-order valence-corrected chi connectivity index (χ2v) is 5.16. The molecule has 0 atom stereocenters. The van der Waals surface area contributed by atoms with Gasteiger partial charge in [0.25, 0.3) is 0 Å². The van der Waals surface area contributed by atoms with Crippen LogP contribution in [0.3, 0.4) is 0 Å². The van der Waals surface area contributed by atoms with Gasteiger partial charge in [-0.3, -0.25) is 9.82 Å². The van der Waals surface area contributed by atoms with Crippen molar-refractivity contribution in [2.45, 2.75) is 26.7 Å². The third-order valence-corrected chi connectivity index (χ3v) is 3.57.